The average molecular weight is 240 g/mol. The van der Waals surface area contributed by atoms with Crippen LogP contribution in [0.25, 0.3) is 0 Å². The molecule has 0 spiro atoms. The average Bonchev–Trinajstić information content (AvgIpc) is 2.75. The number of nitrogens with zero attached hydrogens (tertiary/aromatic N) is 1. The molecule has 0 aromatic heterocycles. The van der Waals surface area contributed by atoms with Gasteiger partial charge in [0.05, 0.1) is 0 Å². The van der Waals surface area contributed by atoms with Crippen LogP contribution in [0.1, 0.15) is 40.0 Å². The Labute approximate surface area is 106 Å². The van der Waals surface area contributed by atoms with Crippen LogP contribution in [0.4, 0.5) is 0 Å². The van der Waals surface area contributed by atoms with Crippen LogP contribution in [0, 0.1) is 5.92 Å². The second kappa shape index (κ2) is 5.68. The predicted molar refractivity (Wildman–Crippen MR) is 71.3 cm³/mol. The van der Waals surface area contributed by atoms with Crippen LogP contribution in [0.2, 0.25) is 0 Å². The summed E-state index contributed by atoms with van der Waals surface area (Å²) in [6.45, 7) is 12.4. The number of rotatable bonds is 3. The Bertz CT molecular complexity index is 231. The summed E-state index contributed by atoms with van der Waals surface area (Å²) >= 11 is 0. The summed E-state index contributed by atoms with van der Waals surface area (Å²) in [5.74, 6) is 0.845. The lowest BCUT2D eigenvalue weighted by atomic mass is 10.0. The van der Waals surface area contributed by atoms with Gasteiger partial charge in [0, 0.05) is 31.3 Å². The molecule has 0 radical (unpaired) electrons. The van der Waals surface area contributed by atoms with Crippen molar-refractivity contribution in [2.24, 2.45) is 5.92 Å². The standard InChI is InChI=1S/C14H28N2O/c1-14(2,3)15-10-12-4-7-16(11-12)13-5-8-17-9-6-13/h12-13,15H,4-11H2,1-3H3/t12-/m1/s1. The van der Waals surface area contributed by atoms with Crippen molar-refractivity contribution in [1.29, 1.82) is 0 Å². The molecule has 2 fully saturated rings. The maximum Gasteiger partial charge on any atom is 0.0480 e. The first-order chi connectivity index (χ1) is 8.04. The molecule has 2 aliphatic heterocycles. The molecule has 3 nitrogen and oxygen atoms in total. The lowest BCUT2D eigenvalue weighted by Crippen LogP contribution is -2.41. The van der Waals surface area contributed by atoms with Gasteiger partial charge < -0.3 is 10.1 Å². The van der Waals surface area contributed by atoms with Gasteiger partial charge in [-0.05, 0) is 59.0 Å². The summed E-state index contributed by atoms with van der Waals surface area (Å²) in [4.78, 5) is 2.69. The number of hydrogen-bond donors (Lipinski definition) is 1. The Kier molecular flexibility index (Phi) is 4.45. The van der Waals surface area contributed by atoms with Crippen molar-refractivity contribution >= 4 is 0 Å². The fourth-order valence-corrected chi connectivity index (χ4v) is 2.86. The van der Waals surface area contributed by atoms with Gasteiger partial charge in [0.1, 0.15) is 0 Å². The fourth-order valence-electron chi connectivity index (χ4n) is 2.86. The zero-order valence-corrected chi connectivity index (χ0v) is 11.7. The minimum absolute atomic E-state index is 0.256. The van der Waals surface area contributed by atoms with Crippen LogP contribution < -0.4 is 5.32 Å². The topological polar surface area (TPSA) is 24.5 Å². The van der Waals surface area contributed by atoms with E-state index in [4.69, 9.17) is 4.74 Å². The molecule has 100 valence electrons. The van der Waals surface area contributed by atoms with Crippen molar-refractivity contribution in [3.8, 4) is 0 Å². The highest BCUT2D eigenvalue weighted by Gasteiger charge is 2.29. The lowest BCUT2D eigenvalue weighted by Gasteiger charge is -2.31. The number of hydrogen-bond acceptors (Lipinski definition) is 3. The molecule has 3 heteroatoms. The lowest BCUT2D eigenvalue weighted by molar-refractivity contribution is 0.0411. The van der Waals surface area contributed by atoms with Gasteiger partial charge >= 0.3 is 0 Å². The molecule has 2 aliphatic rings. The first kappa shape index (κ1) is 13.3. The monoisotopic (exact) mass is 240 g/mol. The van der Waals surface area contributed by atoms with Crippen LogP contribution in [-0.2, 0) is 4.74 Å². The zero-order valence-electron chi connectivity index (χ0n) is 11.7. The van der Waals surface area contributed by atoms with Crippen LogP contribution >= 0.6 is 0 Å². The third-order valence-corrected chi connectivity index (χ3v) is 3.95. The van der Waals surface area contributed by atoms with Crippen LogP contribution in [0.15, 0.2) is 0 Å². The SMILES string of the molecule is CC(C)(C)NC[C@H]1CCN(C2CCOCC2)C1. The van der Waals surface area contributed by atoms with Gasteiger partial charge in [0.2, 0.25) is 0 Å². The van der Waals surface area contributed by atoms with E-state index in [1.165, 1.54) is 38.9 Å². The molecule has 0 aliphatic carbocycles. The molecule has 17 heavy (non-hydrogen) atoms. The highest BCUT2D eigenvalue weighted by atomic mass is 16.5. The molecule has 0 unspecified atom stereocenters. The molecular formula is C14H28N2O. The molecule has 2 saturated heterocycles. The smallest absolute Gasteiger partial charge is 0.0480 e. The van der Waals surface area contributed by atoms with Crippen LogP contribution in [0.5, 0.6) is 0 Å². The Morgan fingerprint density at radius 2 is 1.88 bits per heavy atom. The third kappa shape index (κ3) is 4.23. The number of nitrogens with one attached hydrogen (secondary N) is 1. The molecular weight excluding hydrogens is 212 g/mol. The summed E-state index contributed by atoms with van der Waals surface area (Å²) in [5, 5.41) is 3.64. The largest absolute Gasteiger partial charge is 0.381 e. The van der Waals surface area contributed by atoms with Crippen LogP contribution in [-0.4, -0.2) is 49.3 Å². The van der Waals surface area contributed by atoms with Gasteiger partial charge in [-0.15, -0.1) is 0 Å². The molecule has 0 saturated carbocycles. The van der Waals surface area contributed by atoms with Gasteiger partial charge in [-0.1, -0.05) is 0 Å². The molecule has 0 aromatic carbocycles. The highest BCUT2D eigenvalue weighted by molar-refractivity contribution is 4.85. The van der Waals surface area contributed by atoms with E-state index in [0.29, 0.717) is 0 Å². The van der Waals surface area contributed by atoms with Crippen molar-refractivity contribution in [3.63, 3.8) is 0 Å². The Balaban J connectivity index is 1.71. The van der Waals surface area contributed by atoms with Gasteiger partial charge in [0.25, 0.3) is 0 Å². The van der Waals surface area contributed by atoms with Crippen molar-refractivity contribution < 1.29 is 4.74 Å². The van der Waals surface area contributed by atoms with Gasteiger partial charge in [-0.2, -0.15) is 0 Å². The van der Waals surface area contributed by atoms with Gasteiger partial charge in [0.15, 0.2) is 0 Å². The van der Waals surface area contributed by atoms with Crippen LogP contribution in [0.3, 0.4) is 0 Å². The van der Waals surface area contributed by atoms with Crippen molar-refractivity contribution in [1.82, 2.24) is 10.2 Å². The van der Waals surface area contributed by atoms with E-state index in [1.54, 1.807) is 0 Å². The third-order valence-electron chi connectivity index (χ3n) is 3.95. The second-order valence-electron chi connectivity index (χ2n) is 6.62. The molecule has 2 heterocycles. The van der Waals surface area contributed by atoms with Crippen molar-refractivity contribution in [3.05, 3.63) is 0 Å². The maximum absolute atomic E-state index is 5.44. The van der Waals surface area contributed by atoms with Crippen molar-refractivity contribution in [2.45, 2.75) is 51.6 Å². The zero-order chi connectivity index (χ0) is 12.3. The molecule has 1 atom stereocenters. The fraction of sp³-hybridized carbons (Fsp3) is 1.00. The minimum atomic E-state index is 0.256. The summed E-state index contributed by atoms with van der Waals surface area (Å²) < 4.78 is 5.44. The molecule has 0 amide bonds. The van der Waals surface area contributed by atoms with E-state index in [2.05, 4.69) is 31.0 Å². The van der Waals surface area contributed by atoms with Crippen molar-refractivity contribution in [2.75, 3.05) is 32.8 Å². The predicted octanol–water partition coefficient (Wildman–Crippen LogP) is 1.88. The van der Waals surface area contributed by atoms with Gasteiger partial charge in [-0.3, -0.25) is 4.90 Å². The number of ether oxygens (including phenoxy) is 1. The normalized spacial score (nSPS) is 28.8. The molecule has 0 bridgehead atoms. The first-order valence-electron chi connectivity index (χ1n) is 7.11. The number of likely N-dealkylation sites (tertiary alicyclic amines) is 1. The molecule has 1 N–H and O–H groups in total. The van der Waals surface area contributed by atoms with E-state index < -0.39 is 0 Å². The highest BCUT2D eigenvalue weighted by Crippen LogP contribution is 2.23. The first-order valence-corrected chi connectivity index (χ1v) is 7.11. The minimum Gasteiger partial charge on any atom is -0.381 e. The summed E-state index contributed by atoms with van der Waals surface area (Å²) in [6, 6.07) is 0.795. The van der Waals surface area contributed by atoms with Gasteiger partial charge in [-0.25, -0.2) is 0 Å². The Morgan fingerprint density at radius 1 is 1.18 bits per heavy atom. The Morgan fingerprint density at radius 3 is 2.53 bits per heavy atom. The maximum atomic E-state index is 5.44. The Hall–Kier alpha value is -0.120. The summed E-state index contributed by atoms with van der Waals surface area (Å²) in [7, 11) is 0. The van der Waals surface area contributed by atoms with E-state index in [9.17, 15) is 0 Å². The summed E-state index contributed by atoms with van der Waals surface area (Å²) in [5.41, 5.74) is 0.256. The van der Waals surface area contributed by atoms with E-state index in [0.717, 1.165) is 25.2 Å². The summed E-state index contributed by atoms with van der Waals surface area (Å²) in [6.07, 6.45) is 3.83. The molecule has 0 aromatic rings. The quantitative estimate of drug-likeness (QED) is 0.815. The van der Waals surface area contributed by atoms with E-state index in [1.807, 2.05) is 0 Å². The van der Waals surface area contributed by atoms with E-state index >= 15 is 0 Å². The second-order valence-corrected chi connectivity index (χ2v) is 6.62. The molecule has 2 rings (SSSR count). The van der Waals surface area contributed by atoms with E-state index in [-0.39, 0.29) is 5.54 Å².